The minimum Gasteiger partial charge on any atom is -0.334 e. The smallest absolute Gasteiger partial charge is 0.260 e. The number of nitrogens with zero attached hydrogens (tertiary/aromatic N) is 2. The topological polar surface area (TPSA) is 51.0 Å². The molecule has 5 heteroatoms. The van der Waals surface area contributed by atoms with Crippen LogP contribution in [0.25, 0.3) is 11.5 Å². The van der Waals surface area contributed by atoms with Crippen molar-refractivity contribution < 1.29 is 8.91 Å². The summed E-state index contributed by atoms with van der Waals surface area (Å²) >= 11 is 0. The van der Waals surface area contributed by atoms with Crippen molar-refractivity contribution in [3.8, 4) is 11.5 Å². The highest BCUT2D eigenvalue weighted by Gasteiger charge is 2.14. The lowest BCUT2D eigenvalue weighted by Gasteiger charge is -2.03. The van der Waals surface area contributed by atoms with Crippen LogP contribution in [0.5, 0.6) is 0 Å². The zero-order valence-corrected chi connectivity index (χ0v) is 10.7. The van der Waals surface area contributed by atoms with E-state index in [9.17, 15) is 4.39 Å². The number of halogens is 1. The largest absolute Gasteiger partial charge is 0.334 e. The zero-order chi connectivity index (χ0) is 13.1. The van der Waals surface area contributed by atoms with Crippen molar-refractivity contribution in [2.45, 2.75) is 33.4 Å². The highest BCUT2D eigenvalue weighted by atomic mass is 19.1. The molecule has 0 saturated heterocycles. The molecule has 4 nitrogen and oxygen atoms in total. The Bertz CT molecular complexity index is 537. The van der Waals surface area contributed by atoms with E-state index < -0.39 is 0 Å². The molecule has 0 aliphatic heterocycles. The van der Waals surface area contributed by atoms with Crippen molar-refractivity contribution >= 4 is 0 Å². The molecule has 0 aliphatic rings. The van der Waals surface area contributed by atoms with Crippen LogP contribution in [0.15, 0.2) is 22.7 Å². The number of aromatic nitrogens is 2. The number of benzene rings is 1. The summed E-state index contributed by atoms with van der Waals surface area (Å²) in [6, 6.07) is 5.44. The van der Waals surface area contributed by atoms with E-state index in [0.29, 0.717) is 29.5 Å². The predicted octanol–water partition coefficient (Wildman–Crippen LogP) is 2.68. The highest BCUT2D eigenvalue weighted by Crippen LogP contribution is 2.22. The lowest BCUT2D eigenvalue weighted by atomic mass is 10.1. The fourth-order valence-electron chi connectivity index (χ4n) is 1.54. The molecule has 0 atom stereocenters. The summed E-state index contributed by atoms with van der Waals surface area (Å²) in [5.41, 5.74) is 0.908. The van der Waals surface area contributed by atoms with Crippen molar-refractivity contribution in [3.63, 3.8) is 0 Å². The Morgan fingerprint density at radius 2 is 2.17 bits per heavy atom. The lowest BCUT2D eigenvalue weighted by Crippen LogP contribution is -2.22. The fraction of sp³-hybridized carbons (Fsp3) is 0.385. The van der Waals surface area contributed by atoms with Crippen LogP contribution in [0, 0.1) is 12.7 Å². The van der Waals surface area contributed by atoms with Gasteiger partial charge >= 0.3 is 0 Å². The summed E-state index contributed by atoms with van der Waals surface area (Å²) in [6.07, 6.45) is 0. The Morgan fingerprint density at radius 3 is 2.89 bits per heavy atom. The molecule has 0 saturated carbocycles. The maximum absolute atomic E-state index is 13.9. The van der Waals surface area contributed by atoms with Crippen LogP contribution >= 0.6 is 0 Å². The van der Waals surface area contributed by atoms with Crippen molar-refractivity contribution in [2.24, 2.45) is 0 Å². The molecule has 0 aliphatic carbocycles. The lowest BCUT2D eigenvalue weighted by molar-refractivity contribution is 0.415. The molecule has 1 heterocycles. The van der Waals surface area contributed by atoms with E-state index in [1.54, 1.807) is 25.1 Å². The van der Waals surface area contributed by atoms with Crippen LogP contribution in [0.4, 0.5) is 4.39 Å². The molecule has 1 aromatic heterocycles. The molecule has 2 rings (SSSR count). The second-order valence-electron chi connectivity index (χ2n) is 4.49. The average molecular weight is 249 g/mol. The number of nitrogens with one attached hydrogen (secondary N) is 1. The summed E-state index contributed by atoms with van der Waals surface area (Å²) in [5, 5.41) is 6.99. The van der Waals surface area contributed by atoms with Crippen LogP contribution in [0.2, 0.25) is 0 Å². The minimum absolute atomic E-state index is 0.219. The Labute approximate surface area is 105 Å². The molecular weight excluding hydrogens is 233 g/mol. The molecular formula is C13H16FN3O. The van der Waals surface area contributed by atoms with E-state index >= 15 is 0 Å². The first-order chi connectivity index (χ1) is 8.58. The van der Waals surface area contributed by atoms with Gasteiger partial charge in [0.25, 0.3) is 5.89 Å². The van der Waals surface area contributed by atoms with Crippen molar-refractivity contribution in [2.75, 3.05) is 0 Å². The molecule has 18 heavy (non-hydrogen) atoms. The Hall–Kier alpha value is -1.75. The molecule has 0 radical (unpaired) electrons. The van der Waals surface area contributed by atoms with Gasteiger partial charge in [-0.25, -0.2) is 4.39 Å². The Kier molecular flexibility index (Phi) is 3.72. The van der Waals surface area contributed by atoms with E-state index in [4.69, 9.17) is 4.52 Å². The van der Waals surface area contributed by atoms with Gasteiger partial charge in [-0.1, -0.05) is 31.1 Å². The Morgan fingerprint density at radius 1 is 1.39 bits per heavy atom. The molecule has 0 spiro atoms. The summed E-state index contributed by atoms with van der Waals surface area (Å²) in [6.45, 7) is 6.27. The molecule has 1 N–H and O–H groups in total. The number of hydrogen-bond acceptors (Lipinski definition) is 4. The van der Waals surface area contributed by atoms with Crippen LogP contribution in [0.3, 0.4) is 0 Å². The first kappa shape index (κ1) is 12.7. The van der Waals surface area contributed by atoms with Crippen molar-refractivity contribution in [1.82, 2.24) is 15.5 Å². The third kappa shape index (κ3) is 2.73. The molecule has 0 fully saturated rings. The van der Waals surface area contributed by atoms with Gasteiger partial charge in [0.1, 0.15) is 5.82 Å². The molecule has 0 bridgehead atoms. The maximum atomic E-state index is 13.9. The van der Waals surface area contributed by atoms with Gasteiger partial charge in [-0.3, -0.25) is 0 Å². The van der Waals surface area contributed by atoms with E-state index in [0.717, 1.165) is 0 Å². The molecule has 0 amide bonds. The molecule has 1 aromatic carbocycles. The third-order valence-electron chi connectivity index (χ3n) is 2.56. The summed E-state index contributed by atoms with van der Waals surface area (Å²) in [7, 11) is 0. The van der Waals surface area contributed by atoms with Gasteiger partial charge < -0.3 is 9.84 Å². The monoisotopic (exact) mass is 249 g/mol. The SMILES string of the molecule is Cc1cccc(-c2nc(CNC(C)C)no2)c1F. The number of aryl methyl sites for hydroxylation is 1. The number of rotatable bonds is 4. The highest BCUT2D eigenvalue weighted by molar-refractivity contribution is 5.55. The second kappa shape index (κ2) is 5.27. The van der Waals surface area contributed by atoms with Gasteiger partial charge in [-0.15, -0.1) is 0 Å². The van der Waals surface area contributed by atoms with E-state index in [-0.39, 0.29) is 11.7 Å². The summed E-state index contributed by atoms with van der Waals surface area (Å²) in [4.78, 5) is 4.17. The normalized spacial score (nSPS) is 11.2. The van der Waals surface area contributed by atoms with Gasteiger partial charge in [0.2, 0.25) is 0 Å². The van der Waals surface area contributed by atoms with Crippen molar-refractivity contribution in [3.05, 3.63) is 35.4 Å². The summed E-state index contributed by atoms with van der Waals surface area (Å²) < 4.78 is 18.9. The van der Waals surface area contributed by atoms with Crippen LogP contribution in [-0.4, -0.2) is 16.2 Å². The van der Waals surface area contributed by atoms with Gasteiger partial charge in [-0.05, 0) is 18.6 Å². The summed E-state index contributed by atoms with van der Waals surface area (Å²) in [5.74, 6) is 0.431. The molecule has 0 unspecified atom stereocenters. The first-order valence-electron chi connectivity index (χ1n) is 5.89. The number of hydrogen-bond donors (Lipinski definition) is 1. The zero-order valence-electron chi connectivity index (χ0n) is 10.7. The van der Waals surface area contributed by atoms with Gasteiger partial charge in [-0.2, -0.15) is 4.98 Å². The van der Waals surface area contributed by atoms with Gasteiger partial charge in [0, 0.05) is 6.04 Å². The van der Waals surface area contributed by atoms with E-state index in [1.165, 1.54) is 0 Å². The van der Waals surface area contributed by atoms with Crippen LogP contribution in [-0.2, 0) is 6.54 Å². The van der Waals surface area contributed by atoms with Crippen molar-refractivity contribution in [1.29, 1.82) is 0 Å². The van der Waals surface area contributed by atoms with Gasteiger partial charge in [0.05, 0.1) is 12.1 Å². The van der Waals surface area contributed by atoms with E-state index in [1.807, 2.05) is 13.8 Å². The fourth-order valence-corrected chi connectivity index (χ4v) is 1.54. The minimum atomic E-state index is -0.315. The molecule has 2 aromatic rings. The second-order valence-corrected chi connectivity index (χ2v) is 4.49. The van der Waals surface area contributed by atoms with Crippen LogP contribution < -0.4 is 5.32 Å². The van der Waals surface area contributed by atoms with Crippen LogP contribution in [0.1, 0.15) is 25.2 Å². The quantitative estimate of drug-likeness (QED) is 0.905. The van der Waals surface area contributed by atoms with Gasteiger partial charge in [0.15, 0.2) is 5.82 Å². The molecule has 96 valence electrons. The standard InChI is InChI=1S/C13H16FN3O/c1-8(2)15-7-11-16-13(18-17-11)10-6-4-5-9(3)12(10)14/h4-6,8,15H,7H2,1-3H3. The average Bonchev–Trinajstić information content (AvgIpc) is 2.78. The van der Waals surface area contributed by atoms with E-state index in [2.05, 4.69) is 15.5 Å². The predicted molar refractivity (Wildman–Crippen MR) is 66.4 cm³/mol. The third-order valence-corrected chi connectivity index (χ3v) is 2.56. The first-order valence-corrected chi connectivity index (χ1v) is 5.89. The Balaban J connectivity index is 2.21. The maximum Gasteiger partial charge on any atom is 0.260 e.